The van der Waals surface area contributed by atoms with E-state index >= 15 is 0 Å². The lowest BCUT2D eigenvalue weighted by molar-refractivity contribution is -0.139. The van der Waals surface area contributed by atoms with Crippen molar-refractivity contribution in [1.29, 1.82) is 5.26 Å². The molecule has 0 atom stereocenters. The minimum Gasteiger partial charge on any atom is -0.469 e. The maximum Gasteiger partial charge on any atom is 0.310 e. The zero-order valence-electron chi connectivity index (χ0n) is 7.45. The highest BCUT2D eigenvalue weighted by molar-refractivity contribution is 5.73. The van der Waals surface area contributed by atoms with Crippen LogP contribution in [0.4, 0.5) is 4.39 Å². The van der Waals surface area contributed by atoms with E-state index in [2.05, 4.69) is 9.72 Å². The van der Waals surface area contributed by atoms with Crippen LogP contribution in [0, 0.1) is 17.1 Å². The molecule has 1 rings (SSSR count). The minimum atomic E-state index is -0.672. The van der Waals surface area contributed by atoms with Crippen LogP contribution in [-0.4, -0.2) is 18.1 Å². The number of carbonyl (C=O) groups is 1. The molecule has 0 unspecified atom stereocenters. The monoisotopic (exact) mass is 194 g/mol. The van der Waals surface area contributed by atoms with Gasteiger partial charge in [-0.05, 0) is 0 Å². The smallest absolute Gasteiger partial charge is 0.310 e. The lowest BCUT2D eigenvalue weighted by Crippen LogP contribution is -2.08. The van der Waals surface area contributed by atoms with Crippen molar-refractivity contribution >= 4 is 5.97 Å². The van der Waals surface area contributed by atoms with Crippen molar-refractivity contribution in [2.75, 3.05) is 7.11 Å². The molecule has 72 valence electrons. The number of methoxy groups -OCH3 is 1. The van der Waals surface area contributed by atoms with Crippen LogP contribution in [0.5, 0.6) is 0 Å². The molecule has 0 radical (unpaired) electrons. The first-order valence-corrected chi connectivity index (χ1v) is 3.78. The summed E-state index contributed by atoms with van der Waals surface area (Å²) in [7, 11) is 1.20. The van der Waals surface area contributed by atoms with Gasteiger partial charge in [-0.1, -0.05) is 0 Å². The predicted molar refractivity (Wildman–Crippen MR) is 44.6 cm³/mol. The molecule has 0 aliphatic heterocycles. The molecule has 14 heavy (non-hydrogen) atoms. The van der Waals surface area contributed by atoms with E-state index in [4.69, 9.17) is 5.26 Å². The molecule has 5 heteroatoms. The average Bonchev–Trinajstić information content (AvgIpc) is 2.20. The minimum absolute atomic E-state index is 0.0225. The first kappa shape index (κ1) is 10.1. The number of nitrogens with zero attached hydrogens (tertiary/aromatic N) is 2. The lowest BCUT2D eigenvalue weighted by atomic mass is 10.1. The second-order valence-electron chi connectivity index (χ2n) is 2.51. The van der Waals surface area contributed by atoms with E-state index < -0.39 is 11.8 Å². The average molecular weight is 194 g/mol. The van der Waals surface area contributed by atoms with Gasteiger partial charge in [-0.3, -0.25) is 9.78 Å². The molecule has 0 saturated heterocycles. The number of hydrogen-bond donors (Lipinski definition) is 0. The molecule has 0 fully saturated rings. The van der Waals surface area contributed by atoms with Gasteiger partial charge >= 0.3 is 5.97 Å². The van der Waals surface area contributed by atoms with Crippen molar-refractivity contribution in [2.24, 2.45) is 0 Å². The largest absolute Gasteiger partial charge is 0.469 e. The number of aromatic nitrogens is 1. The molecule has 0 bridgehead atoms. The number of esters is 1. The van der Waals surface area contributed by atoms with E-state index in [9.17, 15) is 9.18 Å². The fourth-order valence-corrected chi connectivity index (χ4v) is 0.954. The molecular formula is C9H7FN2O2. The summed E-state index contributed by atoms with van der Waals surface area (Å²) in [6.45, 7) is 0. The van der Waals surface area contributed by atoms with Crippen molar-refractivity contribution < 1.29 is 13.9 Å². The van der Waals surface area contributed by atoms with Gasteiger partial charge in [-0.15, -0.1) is 0 Å². The maximum absolute atomic E-state index is 13.1. The second-order valence-corrected chi connectivity index (χ2v) is 2.51. The molecule has 0 spiro atoms. The summed E-state index contributed by atoms with van der Waals surface area (Å²) < 4.78 is 17.5. The first-order chi connectivity index (χ1) is 6.69. The third kappa shape index (κ3) is 2.04. The highest BCUT2D eigenvalue weighted by Gasteiger charge is 2.13. The maximum atomic E-state index is 13.1. The third-order valence-corrected chi connectivity index (χ3v) is 1.67. The van der Waals surface area contributed by atoms with E-state index in [1.807, 2.05) is 0 Å². The molecule has 1 heterocycles. The van der Waals surface area contributed by atoms with Crippen LogP contribution in [0.1, 0.15) is 11.1 Å². The molecular weight excluding hydrogens is 187 g/mol. The summed E-state index contributed by atoms with van der Waals surface area (Å²) in [5.74, 6) is -1.26. The van der Waals surface area contributed by atoms with Crippen LogP contribution in [-0.2, 0) is 16.0 Å². The van der Waals surface area contributed by atoms with Crippen LogP contribution in [0.15, 0.2) is 12.4 Å². The fraction of sp³-hybridized carbons (Fsp3) is 0.222. The van der Waals surface area contributed by atoms with Gasteiger partial charge in [-0.2, -0.15) is 5.26 Å². The Bertz CT molecular complexity index is 398. The molecule has 0 aliphatic rings. The zero-order chi connectivity index (χ0) is 10.6. The van der Waals surface area contributed by atoms with Crippen molar-refractivity contribution in [3.05, 3.63) is 29.3 Å². The summed E-state index contributed by atoms with van der Waals surface area (Å²) in [4.78, 5) is 14.4. The van der Waals surface area contributed by atoms with Crippen molar-refractivity contribution in [3.63, 3.8) is 0 Å². The topological polar surface area (TPSA) is 63.0 Å². The fourth-order valence-electron chi connectivity index (χ4n) is 0.954. The van der Waals surface area contributed by atoms with E-state index in [1.54, 1.807) is 6.07 Å². The number of hydrogen-bond acceptors (Lipinski definition) is 4. The molecule has 0 saturated carbocycles. The van der Waals surface area contributed by atoms with Gasteiger partial charge in [0.05, 0.1) is 25.3 Å². The Hall–Kier alpha value is -1.96. The van der Waals surface area contributed by atoms with Gasteiger partial charge in [0.1, 0.15) is 11.9 Å². The van der Waals surface area contributed by atoms with Gasteiger partial charge in [0, 0.05) is 11.8 Å². The Labute approximate surface area is 79.9 Å². The Morgan fingerprint density at radius 2 is 2.43 bits per heavy atom. The van der Waals surface area contributed by atoms with Gasteiger partial charge in [-0.25, -0.2) is 4.39 Å². The number of ether oxygens (including phenoxy) is 1. The summed E-state index contributed by atoms with van der Waals surface area (Å²) in [5.41, 5.74) is 0.0738. The highest BCUT2D eigenvalue weighted by Crippen LogP contribution is 2.12. The number of rotatable bonds is 2. The Morgan fingerprint density at radius 1 is 1.71 bits per heavy atom. The van der Waals surface area contributed by atoms with E-state index in [0.29, 0.717) is 0 Å². The molecule has 1 aromatic heterocycles. The van der Waals surface area contributed by atoms with Gasteiger partial charge < -0.3 is 4.74 Å². The first-order valence-electron chi connectivity index (χ1n) is 3.78. The molecule has 0 aliphatic carbocycles. The number of pyridine rings is 1. The Kier molecular flexibility index (Phi) is 3.13. The number of nitriles is 1. The molecule has 0 N–H and O–H groups in total. The molecule has 1 aromatic rings. The summed E-state index contributed by atoms with van der Waals surface area (Å²) in [6, 6.07) is 1.76. The highest BCUT2D eigenvalue weighted by atomic mass is 19.1. The third-order valence-electron chi connectivity index (χ3n) is 1.67. The van der Waals surface area contributed by atoms with Crippen LogP contribution < -0.4 is 0 Å². The van der Waals surface area contributed by atoms with E-state index in [-0.39, 0.29) is 17.5 Å². The van der Waals surface area contributed by atoms with Crippen molar-refractivity contribution in [2.45, 2.75) is 6.42 Å². The second kappa shape index (κ2) is 4.33. The number of halogens is 1. The van der Waals surface area contributed by atoms with Crippen molar-refractivity contribution in [1.82, 2.24) is 4.98 Å². The van der Waals surface area contributed by atoms with Gasteiger partial charge in [0.25, 0.3) is 0 Å². The zero-order valence-corrected chi connectivity index (χ0v) is 7.45. The molecule has 4 nitrogen and oxygen atoms in total. The normalized spacial score (nSPS) is 9.21. The quantitative estimate of drug-likeness (QED) is 0.653. The Morgan fingerprint density at radius 3 is 3.00 bits per heavy atom. The summed E-state index contributed by atoms with van der Waals surface area (Å²) in [5, 5.41) is 8.62. The van der Waals surface area contributed by atoms with E-state index in [1.165, 1.54) is 13.3 Å². The van der Waals surface area contributed by atoms with Crippen LogP contribution in [0.25, 0.3) is 0 Å². The summed E-state index contributed by atoms with van der Waals surface area (Å²) in [6.07, 6.45) is 1.91. The van der Waals surface area contributed by atoms with E-state index in [0.717, 1.165) is 6.20 Å². The SMILES string of the molecule is COC(=O)Cc1c(F)cncc1C#N. The lowest BCUT2D eigenvalue weighted by Gasteiger charge is -2.02. The molecule has 0 aromatic carbocycles. The van der Waals surface area contributed by atoms with Crippen molar-refractivity contribution in [3.8, 4) is 6.07 Å². The predicted octanol–water partition coefficient (Wildman–Crippen LogP) is 0.808. The van der Waals surface area contributed by atoms with Crippen LogP contribution in [0.2, 0.25) is 0 Å². The summed E-state index contributed by atoms with van der Waals surface area (Å²) >= 11 is 0. The van der Waals surface area contributed by atoms with Crippen LogP contribution in [0.3, 0.4) is 0 Å². The van der Waals surface area contributed by atoms with Gasteiger partial charge in [0.15, 0.2) is 0 Å². The number of carbonyl (C=O) groups excluding carboxylic acids is 1. The Balaban J connectivity index is 3.06. The van der Waals surface area contributed by atoms with Crippen LogP contribution >= 0.6 is 0 Å². The standard InChI is InChI=1S/C9H7FN2O2/c1-14-9(13)2-7-6(3-11)4-12-5-8(7)10/h4-5H,2H2,1H3. The molecule has 0 amide bonds. The van der Waals surface area contributed by atoms with Gasteiger partial charge in [0.2, 0.25) is 0 Å².